The van der Waals surface area contributed by atoms with Crippen molar-refractivity contribution in [2.24, 2.45) is 0 Å². The van der Waals surface area contributed by atoms with Crippen LogP contribution in [-0.2, 0) is 14.3 Å². The van der Waals surface area contributed by atoms with Crippen LogP contribution in [0, 0.1) is 0 Å². The summed E-state index contributed by atoms with van der Waals surface area (Å²) in [7, 11) is 0. The molecule has 6 heteroatoms. The van der Waals surface area contributed by atoms with Gasteiger partial charge in [0, 0.05) is 19.5 Å². The lowest BCUT2D eigenvalue weighted by Crippen LogP contribution is -2.55. The van der Waals surface area contributed by atoms with E-state index >= 15 is 0 Å². The first kappa shape index (κ1) is 16.4. The van der Waals surface area contributed by atoms with Gasteiger partial charge in [0.25, 0.3) is 5.91 Å². The van der Waals surface area contributed by atoms with Gasteiger partial charge in [0.2, 0.25) is 5.91 Å². The second-order valence-corrected chi connectivity index (χ2v) is 6.90. The highest BCUT2D eigenvalue weighted by molar-refractivity contribution is 5.98. The van der Waals surface area contributed by atoms with Crippen molar-refractivity contribution in [2.45, 2.75) is 44.2 Å². The van der Waals surface area contributed by atoms with E-state index in [2.05, 4.69) is 0 Å². The third-order valence-electron chi connectivity index (χ3n) is 5.41. The molecule has 4 rings (SSSR count). The first-order chi connectivity index (χ1) is 12.2. The van der Waals surface area contributed by atoms with E-state index in [9.17, 15) is 9.59 Å². The fraction of sp³-hybridized carbons (Fsp3) is 0.579. The Morgan fingerprint density at radius 3 is 2.96 bits per heavy atom. The molecule has 2 atom stereocenters. The lowest BCUT2D eigenvalue weighted by atomic mass is 9.90. The highest BCUT2D eigenvalue weighted by Crippen LogP contribution is 2.32. The number of para-hydroxylation sites is 2. The van der Waals surface area contributed by atoms with Gasteiger partial charge >= 0.3 is 0 Å². The Morgan fingerprint density at radius 1 is 1.20 bits per heavy atom. The fourth-order valence-electron chi connectivity index (χ4n) is 4.16. The maximum atomic E-state index is 12.8. The molecule has 1 aromatic carbocycles. The Bertz CT molecular complexity index is 661. The van der Waals surface area contributed by atoms with E-state index in [-0.39, 0.29) is 30.6 Å². The van der Waals surface area contributed by atoms with Crippen LogP contribution >= 0.6 is 0 Å². The molecule has 3 aliphatic rings. The van der Waals surface area contributed by atoms with Crippen LogP contribution in [0.1, 0.15) is 32.1 Å². The van der Waals surface area contributed by atoms with Gasteiger partial charge in [0.15, 0.2) is 6.61 Å². The number of nitrogens with zero attached hydrogens (tertiary/aromatic N) is 2. The van der Waals surface area contributed by atoms with E-state index in [1.807, 2.05) is 29.2 Å². The Morgan fingerprint density at radius 2 is 2.04 bits per heavy atom. The number of benzene rings is 1. The van der Waals surface area contributed by atoms with E-state index in [4.69, 9.17) is 9.47 Å². The van der Waals surface area contributed by atoms with Crippen LogP contribution in [0.25, 0.3) is 0 Å². The predicted octanol–water partition coefficient (Wildman–Crippen LogP) is 1.97. The van der Waals surface area contributed by atoms with E-state index in [0.717, 1.165) is 24.9 Å². The summed E-state index contributed by atoms with van der Waals surface area (Å²) in [5.41, 5.74) is 0.754. The SMILES string of the molecule is O=C1COc2ccccc2N1CCC(=O)N1CCO[C@H]2CCCC[C@@H]21. The summed E-state index contributed by atoms with van der Waals surface area (Å²) in [6.45, 7) is 1.71. The highest BCUT2D eigenvalue weighted by atomic mass is 16.5. The van der Waals surface area contributed by atoms with Crippen molar-refractivity contribution in [1.82, 2.24) is 4.90 Å². The van der Waals surface area contributed by atoms with Crippen LogP contribution in [0.5, 0.6) is 5.75 Å². The second-order valence-electron chi connectivity index (χ2n) is 6.90. The molecule has 2 amide bonds. The quantitative estimate of drug-likeness (QED) is 0.841. The average molecular weight is 344 g/mol. The first-order valence-electron chi connectivity index (χ1n) is 9.17. The monoisotopic (exact) mass is 344 g/mol. The van der Waals surface area contributed by atoms with E-state index in [1.54, 1.807) is 4.90 Å². The van der Waals surface area contributed by atoms with Crippen molar-refractivity contribution in [3.63, 3.8) is 0 Å². The Kier molecular flexibility index (Phi) is 4.61. The number of carbonyl (C=O) groups is 2. The molecule has 2 heterocycles. The van der Waals surface area contributed by atoms with Crippen LogP contribution in [0.2, 0.25) is 0 Å². The van der Waals surface area contributed by atoms with Crippen molar-refractivity contribution >= 4 is 17.5 Å². The molecule has 1 saturated carbocycles. The zero-order chi connectivity index (χ0) is 17.2. The number of amides is 2. The molecule has 1 aliphatic carbocycles. The summed E-state index contributed by atoms with van der Waals surface area (Å²) in [5.74, 6) is 0.731. The van der Waals surface area contributed by atoms with Gasteiger partial charge in [0.05, 0.1) is 24.4 Å². The number of rotatable bonds is 3. The summed E-state index contributed by atoms with van der Waals surface area (Å²) in [6.07, 6.45) is 4.94. The molecule has 0 spiro atoms. The maximum Gasteiger partial charge on any atom is 0.265 e. The number of morpholine rings is 1. The fourth-order valence-corrected chi connectivity index (χ4v) is 4.16. The highest BCUT2D eigenvalue weighted by Gasteiger charge is 2.36. The minimum atomic E-state index is -0.0935. The smallest absolute Gasteiger partial charge is 0.265 e. The van der Waals surface area contributed by atoms with Gasteiger partial charge in [-0.3, -0.25) is 9.59 Å². The Labute approximate surface area is 147 Å². The van der Waals surface area contributed by atoms with Crippen molar-refractivity contribution in [3.05, 3.63) is 24.3 Å². The zero-order valence-electron chi connectivity index (χ0n) is 14.4. The molecule has 6 nitrogen and oxygen atoms in total. The van der Waals surface area contributed by atoms with Gasteiger partial charge in [0.1, 0.15) is 5.75 Å². The van der Waals surface area contributed by atoms with Gasteiger partial charge in [-0.25, -0.2) is 0 Å². The van der Waals surface area contributed by atoms with Crippen molar-refractivity contribution in [1.29, 1.82) is 0 Å². The Hall–Kier alpha value is -2.08. The number of hydrogen-bond acceptors (Lipinski definition) is 4. The third kappa shape index (κ3) is 3.23. The normalized spacial score (nSPS) is 25.8. The summed E-state index contributed by atoms with van der Waals surface area (Å²) in [4.78, 5) is 28.7. The largest absolute Gasteiger partial charge is 0.482 e. The van der Waals surface area contributed by atoms with Gasteiger partial charge in [-0.1, -0.05) is 25.0 Å². The predicted molar refractivity (Wildman–Crippen MR) is 92.6 cm³/mol. The van der Waals surface area contributed by atoms with Crippen LogP contribution in [0.15, 0.2) is 24.3 Å². The molecule has 2 aliphatic heterocycles. The standard InChI is InChI=1S/C19H24N2O4/c22-18(21-11-12-24-16-7-3-1-5-14(16)21)9-10-20-15-6-2-4-8-17(15)25-13-19(20)23/h2,4,6,8,14,16H,1,3,5,7,9-13H2/t14-,16-/m0/s1. The molecule has 25 heavy (non-hydrogen) atoms. The number of fused-ring (bicyclic) bond motifs is 2. The van der Waals surface area contributed by atoms with Crippen molar-refractivity contribution < 1.29 is 19.1 Å². The van der Waals surface area contributed by atoms with Gasteiger partial charge in [-0.15, -0.1) is 0 Å². The number of carbonyl (C=O) groups excluding carboxylic acids is 2. The minimum Gasteiger partial charge on any atom is -0.482 e. The third-order valence-corrected chi connectivity index (χ3v) is 5.41. The van der Waals surface area contributed by atoms with Crippen molar-refractivity contribution in [2.75, 3.05) is 31.2 Å². The van der Waals surface area contributed by atoms with E-state index < -0.39 is 0 Å². The van der Waals surface area contributed by atoms with Gasteiger partial charge < -0.3 is 19.3 Å². The molecule has 0 aromatic heterocycles. The molecule has 1 aromatic rings. The minimum absolute atomic E-state index is 0.0352. The van der Waals surface area contributed by atoms with Crippen LogP contribution in [0.3, 0.4) is 0 Å². The van der Waals surface area contributed by atoms with Crippen LogP contribution in [-0.4, -0.2) is 55.2 Å². The van der Waals surface area contributed by atoms with Crippen LogP contribution < -0.4 is 9.64 Å². The molecular weight excluding hydrogens is 320 g/mol. The molecule has 2 fully saturated rings. The zero-order valence-corrected chi connectivity index (χ0v) is 14.4. The molecule has 0 radical (unpaired) electrons. The molecule has 1 saturated heterocycles. The Balaban J connectivity index is 1.42. The second kappa shape index (κ2) is 7.04. The molecule has 134 valence electrons. The van der Waals surface area contributed by atoms with Crippen molar-refractivity contribution in [3.8, 4) is 5.75 Å². The van der Waals surface area contributed by atoms with E-state index in [1.165, 1.54) is 6.42 Å². The van der Waals surface area contributed by atoms with Gasteiger partial charge in [-0.05, 0) is 25.0 Å². The molecular formula is C19H24N2O4. The first-order valence-corrected chi connectivity index (χ1v) is 9.17. The summed E-state index contributed by atoms with van der Waals surface area (Å²) in [6, 6.07) is 7.69. The lowest BCUT2D eigenvalue weighted by Gasteiger charge is -2.44. The molecule has 0 unspecified atom stereocenters. The maximum absolute atomic E-state index is 12.8. The van der Waals surface area contributed by atoms with E-state index in [0.29, 0.717) is 31.9 Å². The average Bonchev–Trinajstić information content (AvgIpc) is 2.66. The number of ether oxygens (including phenoxy) is 2. The molecule has 0 N–H and O–H groups in total. The van der Waals surface area contributed by atoms with Crippen LogP contribution in [0.4, 0.5) is 5.69 Å². The summed E-state index contributed by atoms with van der Waals surface area (Å²) in [5, 5.41) is 0. The lowest BCUT2D eigenvalue weighted by molar-refractivity contribution is -0.149. The molecule has 0 bridgehead atoms. The topological polar surface area (TPSA) is 59.1 Å². The number of hydrogen-bond donors (Lipinski definition) is 0. The van der Waals surface area contributed by atoms with Gasteiger partial charge in [-0.2, -0.15) is 0 Å². The summed E-state index contributed by atoms with van der Waals surface area (Å²) < 4.78 is 11.3. The number of anilines is 1. The summed E-state index contributed by atoms with van der Waals surface area (Å²) >= 11 is 0.